The average molecular weight is 246 g/mol. The molecule has 1 aromatic rings. The first-order valence-corrected chi connectivity index (χ1v) is 6.87. The summed E-state index contributed by atoms with van der Waals surface area (Å²) in [6.45, 7) is 2.38. The Labute approximate surface area is 95.9 Å². The molecule has 0 saturated heterocycles. The van der Waals surface area contributed by atoms with Crippen LogP contribution in [0.1, 0.15) is 14.5 Å². The molecule has 0 N–H and O–H groups in total. The first kappa shape index (κ1) is 12.5. The lowest BCUT2D eigenvalue weighted by molar-refractivity contribution is 0.102. The number of carbonyl (C=O) groups is 1. The predicted octanol–water partition coefficient (Wildman–Crippen LogP) is 1.63. The lowest BCUT2D eigenvalue weighted by Gasteiger charge is -1.99. The zero-order valence-corrected chi connectivity index (χ0v) is 10.5. The predicted molar refractivity (Wildman–Crippen MR) is 63.1 cm³/mol. The van der Waals surface area contributed by atoms with Gasteiger partial charge in [0, 0.05) is 28.5 Å². The van der Waals surface area contributed by atoms with Crippen LogP contribution in [0.25, 0.3) is 0 Å². The Balaban J connectivity index is 2.45. The molecule has 0 radical (unpaired) electrons. The van der Waals surface area contributed by atoms with Crippen molar-refractivity contribution in [2.45, 2.75) is 6.92 Å². The van der Waals surface area contributed by atoms with Crippen molar-refractivity contribution >= 4 is 27.9 Å². The Bertz CT molecular complexity index is 357. The van der Waals surface area contributed by atoms with Crippen molar-refractivity contribution in [3.63, 3.8) is 0 Å². The van der Waals surface area contributed by atoms with Crippen LogP contribution in [0.15, 0.2) is 12.1 Å². The van der Waals surface area contributed by atoms with Gasteiger partial charge in [0.2, 0.25) is 0 Å². The van der Waals surface area contributed by atoms with Gasteiger partial charge >= 0.3 is 0 Å². The summed E-state index contributed by atoms with van der Waals surface area (Å²) in [5, 5.41) is 0. The van der Waals surface area contributed by atoms with Crippen LogP contribution in [0.2, 0.25) is 0 Å². The normalized spacial score (nSPS) is 12.7. The summed E-state index contributed by atoms with van der Waals surface area (Å²) in [5.41, 5.74) is 0. The molecule has 0 fully saturated rings. The maximum Gasteiger partial charge on any atom is 0.185 e. The van der Waals surface area contributed by atoms with E-state index >= 15 is 0 Å². The molecular weight excluding hydrogens is 232 g/mol. The third kappa shape index (κ3) is 4.24. The second kappa shape index (κ2) is 6.15. The highest BCUT2D eigenvalue weighted by Crippen LogP contribution is 2.15. The summed E-state index contributed by atoms with van der Waals surface area (Å²) in [4.78, 5) is 13.4. The monoisotopic (exact) mass is 246 g/mol. The highest BCUT2D eigenvalue weighted by atomic mass is 32.2. The number of carbonyl (C=O) groups excluding carboxylic acids is 1. The summed E-state index contributed by atoms with van der Waals surface area (Å²) in [6.07, 6.45) is 0. The van der Waals surface area contributed by atoms with E-state index in [-0.39, 0.29) is 11.5 Å². The molecule has 15 heavy (non-hydrogen) atoms. The van der Waals surface area contributed by atoms with Crippen molar-refractivity contribution in [1.82, 2.24) is 0 Å². The van der Waals surface area contributed by atoms with E-state index in [2.05, 4.69) is 0 Å². The molecule has 0 aliphatic heterocycles. The van der Waals surface area contributed by atoms with Gasteiger partial charge in [0.15, 0.2) is 5.78 Å². The first-order valence-electron chi connectivity index (χ1n) is 4.57. The minimum Gasteiger partial charge on any atom is -0.384 e. The molecule has 1 unspecified atom stereocenters. The summed E-state index contributed by atoms with van der Waals surface area (Å²) in [6, 6.07) is 3.69. The fourth-order valence-electron chi connectivity index (χ4n) is 1.05. The zero-order chi connectivity index (χ0) is 11.3. The molecule has 0 bridgehead atoms. The van der Waals surface area contributed by atoms with Crippen molar-refractivity contribution in [2.24, 2.45) is 0 Å². The number of aryl methyl sites for hydroxylation is 1. The van der Waals surface area contributed by atoms with Crippen molar-refractivity contribution in [3.8, 4) is 0 Å². The molecule has 1 rings (SSSR count). The maximum atomic E-state index is 11.6. The fraction of sp³-hybridized carbons (Fsp3) is 0.500. The van der Waals surface area contributed by atoms with Crippen LogP contribution in [0.4, 0.5) is 0 Å². The van der Waals surface area contributed by atoms with Gasteiger partial charge in [-0.15, -0.1) is 11.3 Å². The molecule has 5 heteroatoms. The van der Waals surface area contributed by atoms with Gasteiger partial charge in [0.05, 0.1) is 17.2 Å². The second-order valence-electron chi connectivity index (χ2n) is 3.11. The summed E-state index contributed by atoms with van der Waals surface area (Å²) in [7, 11) is 0.448. The van der Waals surface area contributed by atoms with Gasteiger partial charge in [-0.05, 0) is 19.1 Å². The quantitative estimate of drug-likeness (QED) is 0.717. The standard InChI is InChI=1S/C10H14O3S2/c1-8-3-4-10(14-8)9(11)7-15(12)6-5-13-2/h3-4H,5-7H2,1-2H3. The van der Waals surface area contributed by atoms with Gasteiger partial charge in [-0.25, -0.2) is 0 Å². The van der Waals surface area contributed by atoms with E-state index in [1.807, 2.05) is 13.0 Å². The molecule has 0 spiro atoms. The SMILES string of the molecule is COCCS(=O)CC(=O)c1ccc(C)s1. The highest BCUT2D eigenvalue weighted by molar-refractivity contribution is 7.85. The summed E-state index contributed by atoms with van der Waals surface area (Å²) < 4.78 is 16.2. The topological polar surface area (TPSA) is 43.4 Å². The van der Waals surface area contributed by atoms with Crippen LogP contribution in [0.3, 0.4) is 0 Å². The van der Waals surface area contributed by atoms with Gasteiger partial charge in [-0.1, -0.05) is 0 Å². The van der Waals surface area contributed by atoms with E-state index in [1.54, 1.807) is 13.2 Å². The molecule has 1 heterocycles. The average Bonchev–Trinajstić information content (AvgIpc) is 2.61. The van der Waals surface area contributed by atoms with E-state index in [0.29, 0.717) is 17.2 Å². The van der Waals surface area contributed by atoms with Crippen LogP contribution in [-0.2, 0) is 15.5 Å². The molecular formula is C10H14O3S2. The Morgan fingerprint density at radius 2 is 2.27 bits per heavy atom. The number of Topliss-reactive ketones (excluding diaryl/α,β-unsaturated/α-hetero) is 1. The lowest BCUT2D eigenvalue weighted by atomic mass is 10.3. The smallest absolute Gasteiger partial charge is 0.185 e. The van der Waals surface area contributed by atoms with E-state index in [4.69, 9.17) is 4.74 Å². The van der Waals surface area contributed by atoms with Crippen molar-refractivity contribution < 1.29 is 13.7 Å². The van der Waals surface area contributed by atoms with Gasteiger partial charge in [-0.3, -0.25) is 9.00 Å². The number of ether oxygens (including phenoxy) is 1. The Kier molecular flexibility index (Phi) is 5.14. The second-order valence-corrected chi connectivity index (χ2v) is 5.98. The molecule has 0 aliphatic carbocycles. The minimum atomic E-state index is -1.11. The zero-order valence-electron chi connectivity index (χ0n) is 8.82. The van der Waals surface area contributed by atoms with Gasteiger partial charge in [0.1, 0.15) is 0 Å². The Morgan fingerprint density at radius 1 is 1.53 bits per heavy atom. The molecule has 0 amide bonds. The minimum absolute atomic E-state index is 0.0393. The van der Waals surface area contributed by atoms with Crippen LogP contribution in [-0.4, -0.2) is 35.2 Å². The van der Waals surface area contributed by atoms with E-state index in [1.165, 1.54) is 11.3 Å². The lowest BCUT2D eigenvalue weighted by Crippen LogP contribution is -2.14. The van der Waals surface area contributed by atoms with Crippen molar-refractivity contribution in [1.29, 1.82) is 0 Å². The van der Waals surface area contributed by atoms with Gasteiger partial charge in [0.25, 0.3) is 0 Å². The van der Waals surface area contributed by atoms with E-state index in [9.17, 15) is 9.00 Å². The number of rotatable bonds is 6. The maximum absolute atomic E-state index is 11.6. The first-order chi connectivity index (χ1) is 7.13. The fourth-order valence-corrected chi connectivity index (χ4v) is 2.89. The van der Waals surface area contributed by atoms with Crippen LogP contribution in [0.5, 0.6) is 0 Å². The highest BCUT2D eigenvalue weighted by Gasteiger charge is 2.11. The third-order valence-electron chi connectivity index (χ3n) is 1.82. The molecule has 1 atom stereocenters. The number of methoxy groups -OCH3 is 1. The van der Waals surface area contributed by atoms with Gasteiger partial charge < -0.3 is 4.74 Å². The van der Waals surface area contributed by atoms with E-state index < -0.39 is 10.8 Å². The largest absolute Gasteiger partial charge is 0.384 e. The molecule has 3 nitrogen and oxygen atoms in total. The Morgan fingerprint density at radius 3 is 2.80 bits per heavy atom. The van der Waals surface area contributed by atoms with Crippen molar-refractivity contribution in [2.75, 3.05) is 25.2 Å². The molecule has 0 saturated carbocycles. The van der Waals surface area contributed by atoms with Crippen molar-refractivity contribution in [3.05, 3.63) is 21.9 Å². The van der Waals surface area contributed by atoms with Crippen LogP contribution in [0, 0.1) is 6.92 Å². The molecule has 0 aliphatic rings. The number of hydrogen-bond acceptors (Lipinski definition) is 4. The number of thiophene rings is 1. The summed E-state index contributed by atoms with van der Waals surface area (Å²) in [5.74, 6) is 0.484. The number of hydrogen-bond donors (Lipinski definition) is 0. The van der Waals surface area contributed by atoms with Crippen LogP contribution >= 0.6 is 11.3 Å². The molecule has 1 aromatic heterocycles. The van der Waals surface area contributed by atoms with Crippen LogP contribution < -0.4 is 0 Å². The number of ketones is 1. The van der Waals surface area contributed by atoms with Gasteiger partial charge in [-0.2, -0.15) is 0 Å². The Hall–Kier alpha value is -0.520. The third-order valence-corrected chi connectivity index (χ3v) is 4.07. The molecule has 0 aromatic carbocycles. The van der Waals surface area contributed by atoms with E-state index in [0.717, 1.165) is 4.88 Å². The summed E-state index contributed by atoms with van der Waals surface area (Å²) >= 11 is 1.45. The molecule has 84 valence electrons.